The van der Waals surface area contributed by atoms with Crippen molar-refractivity contribution in [3.8, 4) is 0 Å². The molecule has 0 atom stereocenters. The number of carbonyl (C=O) groups is 2. The summed E-state index contributed by atoms with van der Waals surface area (Å²) in [5.41, 5.74) is 3.50. The molecule has 2 aliphatic heterocycles. The third-order valence-electron chi connectivity index (χ3n) is 5.09. The van der Waals surface area contributed by atoms with E-state index in [-0.39, 0.29) is 17.2 Å². The zero-order chi connectivity index (χ0) is 18.2. The Morgan fingerprint density at radius 2 is 1.76 bits per heavy atom. The minimum absolute atomic E-state index is 0.0379. The zero-order valence-corrected chi connectivity index (χ0v) is 15.8. The van der Waals surface area contributed by atoms with Crippen LogP contribution in [0.1, 0.15) is 39.2 Å². The van der Waals surface area contributed by atoms with Crippen molar-refractivity contribution < 1.29 is 9.59 Å². The molecule has 0 bridgehead atoms. The number of nitrogens with zero attached hydrogens (tertiary/aromatic N) is 3. The van der Waals surface area contributed by atoms with Crippen LogP contribution >= 0.6 is 0 Å². The van der Waals surface area contributed by atoms with Crippen LogP contribution in [0.15, 0.2) is 18.2 Å². The summed E-state index contributed by atoms with van der Waals surface area (Å²) in [6.07, 6.45) is 2.00. The van der Waals surface area contributed by atoms with E-state index in [4.69, 9.17) is 0 Å². The van der Waals surface area contributed by atoms with Crippen molar-refractivity contribution in [2.75, 3.05) is 43.0 Å². The van der Waals surface area contributed by atoms with Crippen LogP contribution in [0.5, 0.6) is 0 Å². The molecule has 0 aromatic heterocycles. The minimum atomic E-state index is 0.0379. The first-order valence-corrected chi connectivity index (χ1v) is 9.17. The maximum Gasteiger partial charge on any atom is 0.227 e. The Bertz CT molecular complexity index is 670. The van der Waals surface area contributed by atoms with Gasteiger partial charge in [0.2, 0.25) is 11.8 Å². The Labute approximate surface area is 150 Å². The van der Waals surface area contributed by atoms with Crippen LogP contribution in [0, 0.1) is 5.41 Å². The molecule has 1 aromatic rings. The van der Waals surface area contributed by atoms with Crippen LogP contribution in [-0.2, 0) is 16.0 Å². The lowest BCUT2D eigenvalue weighted by Crippen LogP contribution is -2.49. The summed E-state index contributed by atoms with van der Waals surface area (Å²) in [7, 11) is 1.85. The molecular formula is C20H29N3O2. The second-order valence-corrected chi connectivity index (χ2v) is 8.37. The highest BCUT2D eigenvalue weighted by Gasteiger charge is 2.26. The first-order valence-electron chi connectivity index (χ1n) is 9.17. The number of carbonyl (C=O) groups excluding carboxylic acids is 2. The van der Waals surface area contributed by atoms with E-state index >= 15 is 0 Å². The highest BCUT2D eigenvalue weighted by atomic mass is 16.2. The summed E-state index contributed by atoms with van der Waals surface area (Å²) < 4.78 is 0. The Balaban J connectivity index is 1.64. The van der Waals surface area contributed by atoms with Gasteiger partial charge in [0.25, 0.3) is 0 Å². The number of fused-ring (bicyclic) bond motifs is 1. The number of rotatable bonds is 2. The predicted molar refractivity (Wildman–Crippen MR) is 101 cm³/mol. The first kappa shape index (κ1) is 17.8. The molecule has 1 aromatic carbocycles. The number of hydrogen-bond acceptors (Lipinski definition) is 3. The molecule has 0 N–H and O–H groups in total. The van der Waals surface area contributed by atoms with E-state index in [0.29, 0.717) is 12.8 Å². The van der Waals surface area contributed by atoms with E-state index in [1.807, 2.05) is 11.9 Å². The van der Waals surface area contributed by atoms with Crippen LogP contribution < -0.4 is 9.80 Å². The fourth-order valence-electron chi connectivity index (χ4n) is 3.62. The van der Waals surface area contributed by atoms with Gasteiger partial charge < -0.3 is 14.7 Å². The molecular weight excluding hydrogens is 314 g/mol. The average Bonchev–Trinajstić information content (AvgIpc) is 2.56. The van der Waals surface area contributed by atoms with Gasteiger partial charge in [-0.05, 0) is 35.6 Å². The Morgan fingerprint density at radius 1 is 1.08 bits per heavy atom. The third kappa shape index (κ3) is 3.97. The van der Waals surface area contributed by atoms with Crippen molar-refractivity contribution in [3.05, 3.63) is 23.8 Å². The summed E-state index contributed by atoms with van der Waals surface area (Å²) in [6, 6.07) is 6.37. The fraction of sp³-hybridized carbons (Fsp3) is 0.600. The smallest absolute Gasteiger partial charge is 0.227 e. The summed E-state index contributed by atoms with van der Waals surface area (Å²) in [4.78, 5) is 30.3. The molecule has 2 amide bonds. The van der Waals surface area contributed by atoms with Crippen LogP contribution in [-0.4, -0.2) is 49.9 Å². The fourth-order valence-corrected chi connectivity index (χ4v) is 3.62. The van der Waals surface area contributed by atoms with Crippen molar-refractivity contribution in [1.29, 1.82) is 0 Å². The number of anilines is 2. The number of amides is 2. The molecule has 3 rings (SSSR count). The van der Waals surface area contributed by atoms with Crippen molar-refractivity contribution >= 4 is 23.2 Å². The van der Waals surface area contributed by atoms with Crippen LogP contribution in [0.2, 0.25) is 0 Å². The van der Waals surface area contributed by atoms with Gasteiger partial charge in [0.1, 0.15) is 0 Å². The number of benzene rings is 1. The summed E-state index contributed by atoms with van der Waals surface area (Å²) in [5.74, 6) is 0.448. The van der Waals surface area contributed by atoms with E-state index < -0.39 is 0 Å². The first-order chi connectivity index (χ1) is 11.7. The zero-order valence-electron chi connectivity index (χ0n) is 15.8. The lowest BCUT2D eigenvalue weighted by Gasteiger charge is -2.37. The van der Waals surface area contributed by atoms with E-state index in [1.54, 1.807) is 4.90 Å². The van der Waals surface area contributed by atoms with Gasteiger partial charge in [-0.3, -0.25) is 9.59 Å². The molecule has 0 aliphatic carbocycles. The normalized spacial score (nSPS) is 18.4. The topological polar surface area (TPSA) is 43.9 Å². The van der Waals surface area contributed by atoms with E-state index in [2.05, 4.69) is 43.9 Å². The lowest BCUT2D eigenvalue weighted by atomic mass is 9.91. The quantitative estimate of drug-likeness (QED) is 0.829. The molecule has 0 spiro atoms. The van der Waals surface area contributed by atoms with Crippen molar-refractivity contribution in [1.82, 2.24) is 4.90 Å². The predicted octanol–water partition coefficient (Wildman–Crippen LogP) is 2.68. The minimum Gasteiger partial charge on any atom is -0.368 e. The summed E-state index contributed by atoms with van der Waals surface area (Å²) >= 11 is 0. The highest BCUT2D eigenvalue weighted by molar-refractivity contribution is 5.96. The molecule has 1 fully saturated rings. The molecule has 0 unspecified atom stereocenters. The monoisotopic (exact) mass is 343 g/mol. The number of piperazine rings is 1. The molecule has 2 heterocycles. The SMILES string of the molecule is CN1C(=O)CCc2cc(N3CCN(C(=O)CC(C)(C)C)CC3)ccc21. The molecule has 1 saturated heterocycles. The van der Waals surface area contributed by atoms with Crippen molar-refractivity contribution in [2.45, 2.75) is 40.0 Å². The van der Waals surface area contributed by atoms with Crippen LogP contribution in [0.4, 0.5) is 11.4 Å². The standard InChI is InChI=1S/C20H29N3O2/c1-20(2,3)14-19(25)23-11-9-22(10-12-23)16-6-7-17-15(13-16)5-8-18(24)21(17)4/h6-7,13H,5,8-12,14H2,1-4H3. The van der Waals surface area contributed by atoms with Gasteiger partial charge in [-0.25, -0.2) is 0 Å². The van der Waals surface area contributed by atoms with Gasteiger partial charge in [-0.15, -0.1) is 0 Å². The second kappa shape index (κ2) is 6.70. The average molecular weight is 343 g/mol. The molecule has 25 heavy (non-hydrogen) atoms. The largest absolute Gasteiger partial charge is 0.368 e. The van der Waals surface area contributed by atoms with Gasteiger partial charge in [0.15, 0.2) is 0 Å². The molecule has 2 aliphatic rings. The highest BCUT2D eigenvalue weighted by Crippen LogP contribution is 2.31. The molecule has 5 heteroatoms. The molecule has 0 radical (unpaired) electrons. The number of aryl methyl sites for hydroxylation is 1. The molecule has 136 valence electrons. The van der Waals surface area contributed by atoms with Gasteiger partial charge in [0, 0.05) is 57.4 Å². The maximum atomic E-state index is 12.4. The van der Waals surface area contributed by atoms with Gasteiger partial charge in [-0.2, -0.15) is 0 Å². The van der Waals surface area contributed by atoms with Crippen molar-refractivity contribution in [3.63, 3.8) is 0 Å². The second-order valence-electron chi connectivity index (χ2n) is 8.37. The Kier molecular flexibility index (Phi) is 4.76. The Morgan fingerprint density at radius 3 is 2.40 bits per heavy atom. The third-order valence-corrected chi connectivity index (χ3v) is 5.09. The molecule has 5 nitrogen and oxygen atoms in total. The van der Waals surface area contributed by atoms with Gasteiger partial charge in [-0.1, -0.05) is 20.8 Å². The van der Waals surface area contributed by atoms with Gasteiger partial charge in [0.05, 0.1) is 0 Å². The maximum absolute atomic E-state index is 12.4. The van der Waals surface area contributed by atoms with E-state index in [0.717, 1.165) is 38.3 Å². The number of hydrogen-bond donors (Lipinski definition) is 0. The van der Waals surface area contributed by atoms with Crippen LogP contribution in [0.3, 0.4) is 0 Å². The summed E-state index contributed by atoms with van der Waals surface area (Å²) in [6.45, 7) is 9.61. The van der Waals surface area contributed by atoms with Crippen LogP contribution in [0.25, 0.3) is 0 Å². The van der Waals surface area contributed by atoms with Crippen molar-refractivity contribution in [2.24, 2.45) is 5.41 Å². The summed E-state index contributed by atoms with van der Waals surface area (Å²) in [5, 5.41) is 0. The molecule has 0 saturated carbocycles. The van der Waals surface area contributed by atoms with Gasteiger partial charge >= 0.3 is 0 Å². The Hall–Kier alpha value is -2.04. The van der Waals surface area contributed by atoms with E-state index in [9.17, 15) is 9.59 Å². The lowest BCUT2D eigenvalue weighted by molar-refractivity contribution is -0.133. The van der Waals surface area contributed by atoms with E-state index in [1.165, 1.54) is 11.3 Å².